The van der Waals surface area contributed by atoms with Crippen LogP contribution in [0.1, 0.15) is 32.8 Å². The summed E-state index contributed by atoms with van der Waals surface area (Å²) in [5.41, 5.74) is 0.532. The van der Waals surface area contributed by atoms with Gasteiger partial charge in [0.1, 0.15) is 11.6 Å². The molecule has 0 saturated carbocycles. The maximum atomic E-state index is 12.0. The number of para-hydroxylation sites is 1. The quantitative estimate of drug-likeness (QED) is 0.785. The number of hydrogen-bond acceptors (Lipinski definition) is 4. The van der Waals surface area contributed by atoms with Gasteiger partial charge in [-0.15, -0.1) is 5.06 Å². The van der Waals surface area contributed by atoms with Crippen molar-refractivity contribution in [3.8, 4) is 5.75 Å². The van der Waals surface area contributed by atoms with Gasteiger partial charge < -0.3 is 9.57 Å². The van der Waals surface area contributed by atoms with E-state index >= 15 is 0 Å². The number of carbonyl (C=O) groups is 1. The van der Waals surface area contributed by atoms with E-state index in [-0.39, 0.29) is 12.0 Å². The molecule has 0 amide bonds. The molecule has 0 aliphatic carbocycles. The first-order chi connectivity index (χ1) is 8.87. The Balaban J connectivity index is 1.96. The highest BCUT2D eigenvalue weighted by atomic mass is 16.7. The summed E-state index contributed by atoms with van der Waals surface area (Å²) in [6.45, 7) is 8.28. The molecule has 1 fully saturated rings. The summed E-state index contributed by atoms with van der Waals surface area (Å²) in [5, 5.41) is 1.66. The normalized spacial score (nSPS) is 19.7. The van der Waals surface area contributed by atoms with Gasteiger partial charge in [-0.2, -0.15) is 0 Å². The minimum absolute atomic E-state index is 0.229. The summed E-state index contributed by atoms with van der Waals surface area (Å²) in [4.78, 5) is 17.7. The van der Waals surface area contributed by atoms with E-state index in [1.807, 2.05) is 39.8 Å². The number of hydrogen-bond donors (Lipinski definition) is 0. The lowest BCUT2D eigenvalue weighted by atomic mass is 10.1. The highest BCUT2D eigenvalue weighted by molar-refractivity contribution is 5.77. The minimum Gasteiger partial charge on any atom is -0.459 e. The van der Waals surface area contributed by atoms with E-state index in [0.29, 0.717) is 5.75 Å². The number of nitrogens with zero attached hydrogens (tertiary/aromatic N) is 1. The Morgan fingerprint density at radius 3 is 2.74 bits per heavy atom. The standard InChI is InChI=1S/C15H20NO3/c1-11-7-5-6-8-13(11)19-16-10-9-12(16)14(17)18-15(2,3)4/h5-7,12H,9-10H2,1-4H3. The van der Waals surface area contributed by atoms with Crippen LogP contribution in [0.15, 0.2) is 18.2 Å². The molecular weight excluding hydrogens is 242 g/mol. The monoisotopic (exact) mass is 262 g/mol. The second-order valence-electron chi connectivity index (χ2n) is 5.75. The molecule has 1 heterocycles. The summed E-state index contributed by atoms with van der Waals surface area (Å²) in [5.74, 6) is 0.433. The molecule has 1 aliphatic heterocycles. The Morgan fingerprint density at radius 1 is 1.47 bits per heavy atom. The van der Waals surface area contributed by atoms with E-state index in [1.54, 1.807) is 11.1 Å². The molecule has 1 radical (unpaired) electrons. The molecule has 1 aromatic rings. The van der Waals surface area contributed by atoms with Crippen molar-refractivity contribution >= 4 is 5.97 Å². The fraction of sp³-hybridized carbons (Fsp3) is 0.533. The number of ether oxygens (including phenoxy) is 1. The van der Waals surface area contributed by atoms with E-state index in [1.165, 1.54) is 0 Å². The molecule has 4 heteroatoms. The van der Waals surface area contributed by atoms with Crippen LogP contribution in [0.25, 0.3) is 0 Å². The number of rotatable bonds is 3. The van der Waals surface area contributed by atoms with Crippen molar-refractivity contribution in [3.63, 3.8) is 0 Å². The summed E-state index contributed by atoms with van der Waals surface area (Å²) in [7, 11) is 0. The summed E-state index contributed by atoms with van der Waals surface area (Å²) in [6.07, 6.45) is 0.765. The molecule has 1 atom stereocenters. The van der Waals surface area contributed by atoms with Crippen molar-refractivity contribution in [3.05, 3.63) is 29.8 Å². The first-order valence-corrected chi connectivity index (χ1v) is 6.51. The second-order valence-corrected chi connectivity index (χ2v) is 5.75. The molecular formula is C15H20NO3. The van der Waals surface area contributed by atoms with Gasteiger partial charge in [0.2, 0.25) is 0 Å². The number of benzene rings is 1. The van der Waals surface area contributed by atoms with Crippen LogP contribution in [-0.4, -0.2) is 29.2 Å². The van der Waals surface area contributed by atoms with Gasteiger partial charge in [-0.3, -0.25) is 4.79 Å². The fourth-order valence-electron chi connectivity index (χ4n) is 1.80. The van der Waals surface area contributed by atoms with Crippen molar-refractivity contribution in [2.75, 3.05) is 6.54 Å². The third kappa shape index (κ3) is 3.47. The molecule has 1 saturated heterocycles. The van der Waals surface area contributed by atoms with E-state index in [0.717, 1.165) is 18.5 Å². The van der Waals surface area contributed by atoms with Crippen LogP contribution in [0.4, 0.5) is 0 Å². The zero-order valence-electron chi connectivity index (χ0n) is 11.9. The molecule has 1 aromatic carbocycles. The van der Waals surface area contributed by atoms with Gasteiger partial charge >= 0.3 is 5.97 Å². The predicted molar refractivity (Wildman–Crippen MR) is 71.6 cm³/mol. The van der Waals surface area contributed by atoms with Crippen molar-refractivity contribution in [1.82, 2.24) is 5.06 Å². The zero-order chi connectivity index (χ0) is 14.0. The molecule has 0 aromatic heterocycles. The second kappa shape index (κ2) is 5.21. The van der Waals surface area contributed by atoms with E-state index in [9.17, 15) is 4.79 Å². The molecule has 103 valence electrons. The SMILES string of the molecule is Cc1ccc[c]c1ON1CCC1C(=O)OC(C)(C)C. The highest BCUT2D eigenvalue weighted by Crippen LogP contribution is 2.25. The molecule has 0 spiro atoms. The third-order valence-corrected chi connectivity index (χ3v) is 2.87. The largest absolute Gasteiger partial charge is 0.459 e. The Morgan fingerprint density at radius 2 is 2.21 bits per heavy atom. The van der Waals surface area contributed by atoms with Crippen molar-refractivity contribution < 1.29 is 14.4 Å². The molecule has 19 heavy (non-hydrogen) atoms. The van der Waals surface area contributed by atoms with Crippen LogP contribution in [0.5, 0.6) is 5.75 Å². The molecule has 1 unspecified atom stereocenters. The van der Waals surface area contributed by atoms with Crippen LogP contribution in [-0.2, 0) is 9.53 Å². The summed E-state index contributed by atoms with van der Waals surface area (Å²) in [6, 6.07) is 8.37. The average Bonchev–Trinajstić information content (AvgIpc) is 2.23. The van der Waals surface area contributed by atoms with Crippen LogP contribution in [0.2, 0.25) is 0 Å². The fourth-order valence-corrected chi connectivity index (χ4v) is 1.80. The molecule has 2 rings (SSSR count). The van der Waals surface area contributed by atoms with Crippen molar-refractivity contribution in [2.45, 2.75) is 45.8 Å². The van der Waals surface area contributed by atoms with Crippen LogP contribution in [0.3, 0.4) is 0 Å². The molecule has 0 N–H and O–H groups in total. The van der Waals surface area contributed by atoms with Gasteiger partial charge in [-0.05, 0) is 39.7 Å². The Bertz CT molecular complexity index is 465. The molecule has 0 bridgehead atoms. The van der Waals surface area contributed by atoms with Crippen LogP contribution < -0.4 is 4.84 Å². The molecule has 4 nitrogen and oxygen atoms in total. The van der Waals surface area contributed by atoms with Crippen molar-refractivity contribution in [1.29, 1.82) is 0 Å². The number of carbonyl (C=O) groups excluding carboxylic acids is 1. The maximum absolute atomic E-state index is 12.0. The predicted octanol–water partition coefficient (Wildman–Crippen LogP) is 2.51. The topological polar surface area (TPSA) is 38.8 Å². The van der Waals surface area contributed by atoms with Gasteiger partial charge in [-0.1, -0.05) is 18.2 Å². The molecule has 1 aliphatic rings. The lowest BCUT2D eigenvalue weighted by molar-refractivity contribution is -0.197. The Hall–Kier alpha value is -1.55. The van der Waals surface area contributed by atoms with E-state index in [2.05, 4.69) is 6.07 Å². The van der Waals surface area contributed by atoms with Gasteiger partial charge in [0, 0.05) is 12.6 Å². The van der Waals surface area contributed by atoms with Crippen molar-refractivity contribution in [2.24, 2.45) is 0 Å². The van der Waals surface area contributed by atoms with Crippen LogP contribution in [0, 0.1) is 13.0 Å². The van der Waals surface area contributed by atoms with Gasteiger partial charge in [0.15, 0.2) is 5.75 Å². The third-order valence-electron chi connectivity index (χ3n) is 2.87. The van der Waals surface area contributed by atoms with E-state index < -0.39 is 5.60 Å². The first-order valence-electron chi connectivity index (χ1n) is 6.51. The minimum atomic E-state index is -0.465. The van der Waals surface area contributed by atoms with Crippen LogP contribution >= 0.6 is 0 Å². The summed E-state index contributed by atoms with van der Waals surface area (Å²) >= 11 is 0. The number of esters is 1. The maximum Gasteiger partial charge on any atom is 0.327 e. The van der Waals surface area contributed by atoms with Gasteiger partial charge in [-0.25, -0.2) is 0 Å². The smallest absolute Gasteiger partial charge is 0.327 e. The van der Waals surface area contributed by atoms with E-state index in [4.69, 9.17) is 9.57 Å². The lowest BCUT2D eigenvalue weighted by Gasteiger charge is -2.38. The van der Waals surface area contributed by atoms with Gasteiger partial charge in [0.25, 0.3) is 0 Å². The van der Waals surface area contributed by atoms with Gasteiger partial charge in [0.05, 0.1) is 0 Å². The zero-order valence-corrected chi connectivity index (χ0v) is 11.9. The average molecular weight is 262 g/mol. The lowest BCUT2D eigenvalue weighted by Crippen LogP contribution is -2.55. The number of aryl methyl sites for hydroxylation is 1. The Kier molecular flexibility index (Phi) is 3.80. The first kappa shape index (κ1) is 13.9. The number of hydroxylamine groups is 2. The highest BCUT2D eigenvalue weighted by Gasteiger charge is 2.39. The Labute approximate surface area is 114 Å². The summed E-state index contributed by atoms with van der Waals surface area (Å²) < 4.78 is 5.37.